The highest BCUT2D eigenvalue weighted by atomic mass is 35.5. The van der Waals surface area contributed by atoms with Crippen molar-refractivity contribution in [2.24, 2.45) is 11.7 Å². The third-order valence-electron chi connectivity index (χ3n) is 3.25. The zero-order chi connectivity index (χ0) is 13.7. The van der Waals surface area contributed by atoms with Crippen LogP contribution in [-0.4, -0.2) is 55.1 Å². The van der Waals surface area contributed by atoms with Crippen LogP contribution in [0.4, 0.5) is 0 Å². The van der Waals surface area contributed by atoms with Crippen molar-refractivity contribution in [3.05, 3.63) is 0 Å². The Labute approximate surface area is 120 Å². The van der Waals surface area contributed by atoms with Crippen LogP contribution in [0.15, 0.2) is 0 Å². The van der Waals surface area contributed by atoms with Gasteiger partial charge in [-0.1, -0.05) is 6.92 Å². The molecule has 3 atom stereocenters. The predicted octanol–water partition coefficient (Wildman–Crippen LogP) is -0.245. The number of carbonyl (C=O) groups is 2. The van der Waals surface area contributed by atoms with E-state index in [0.717, 1.165) is 0 Å². The molecule has 112 valence electrons. The van der Waals surface area contributed by atoms with Crippen LogP contribution in [0.2, 0.25) is 0 Å². The largest absolute Gasteiger partial charge is 0.378 e. The van der Waals surface area contributed by atoms with Crippen molar-refractivity contribution in [2.45, 2.75) is 32.9 Å². The zero-order valence-electron chi connectivity index (χ0n) is 11.7. The maximum atomic E-state index is 12.1. The number of nitrogens with one attached hydrogen (secondary N) is 1. The van der Waals surface area contributed by atoms with Crippen LogP contribution in [0, 0.1) is 5.92 Å². The monoisotopic (exact) mass is 293 g/mol. The lowest BCUT2D eigenvalue weighted by Gasteiger charge is -2.30. The number of morpholine rings is 1. The van der Waals surface area contributed by atoms with Crippen LogP contribution >= 0.6 is 12.4 Å². The molecule has 1 fully saturated rings. The number of carbonyl (C=O) groups excluding carboxylic acids is 2. The van der Waals surface area contributed by atoms with Crippen LogP contribution in [0.3, 0.4) is 0 Å². The summed E-state index contributed by atoms with van der Waals surface area (Å²) in [5, 5.41) is 2.71. The average Bonchev–Trinajstić information content (AvgIpc) is 2.37. The minimum atomic E-state index is -0.517. The molecule has 0 aliphatic carbocycles. The van der Waals surface area contributed by atoms with E-state index in [-0.39, 0.29) is 36.2 Å². The molecule has 3 unspecified atom stereocenters. The molecule has 0 radical (unpaired) electrons. The highest BCUT2D eigenvalue weighted by molar-refractivity contribution is 5.88. The van der Waals surface area contributed by atoms with Crippen molar-refractivity contribution >= 4 is 24.2 Å². The Morgan fingerprint density at radius 3 is 2.21 bits per heavy atom. The Morgan fingerprint density at radius 1 is 1.21 bits per heavy atom. The maximum Gasteiger partial charge on any atom is 0.245 e. The van der Waals surface area contributed by atoms with E-state index in [2.05, 4.69) is 5.32 Å². The molecule has 1 aliphatic rings. The van der Waals surface area contributed by atoms with Gasteiger partial charge in [-0.3, -0.25) is 9.59 Å². The molecule has 0 aromatic heterocycles. The topological polar surface area (TPSA) is 84.7 Å². The van der Waals surface area contributed by atoms with Gasteiger partial charge >= 0.3 is 0 Å². The second kappa shape index (κ2) is 8.35. The van der Waals surface area contributed by atoms with Crippen LogP contribution < -0.4 is 11.1 Å². The van der Waals surface area contributed by atoms with Gasteiger partial charge in [0.1, 0.15) is 6.04 Å². The molecular formula is C12H24ClN3O3. The summed E-state index contributed by atoms with van der Waals surface area (Å²) in [5.74, 6) is -0.549. The van der Waals surface area contributed by atoms with Gasteiger partial charge in [0.15, 0.2) is 0 Å². The molecule has 0 saturated carbocycles. The molecule has 7 heteroatoms. The maximum absolute atomic E-state index is 12.1. The van der Waals surface area contributed by atoms with Gasteiger partial charge in [0.05, 0.1) is 13.2 Å². The third-order valence-corrected chi connectivity index (χ3v) is 3.25. The summed E-state index contributed by atoms with van der Waals surface area (Å²) in [6.07, 6.45) is 0. The summed E-state index contributed by atoms with van der Waals surface area (Å²) in [5.41, 5.74) is 5.66. The normalized spacial score (nSPS) is 19.9. The molecule has 0 bridgehead atoms. The van der Waals surface area contributed by atoms with E-state index >= 15 is 0 Å². The smallest absolute Gasteiger partial charge is 0.245 e. The van der Waals surface area contributed by atoms with Crippen LogP contribution in [0.1, 0.15) is 20.8 Å². The number of nitrogens with zero attached hydrogens (tertiary/aromatic N) is 1. The van der Waals surface area contributed by atoms with E-state index in [9.17, 15) is 9.59 Å². The minimum Gasteiger partial charge on any atom is -0.378 e. The Balaban J connectivity index is 0.00000324. The summed E-state index contributed by atoms with van der Waals surface area (Å²) >= 11 is 0. The molecule has 1 saturated heterocycles. The molecule has 0 aromatic rings. The molecule has 1 heterocycles. The van der Waals surface area contributed by atoms with E-state index in [0.29, 0.717) is 26.3 Å². The molecular weight excluding hydrogens is 270 g/mol. The lowest BCUT2D eigenvalue weighted by Crippen LogP contribution is -2.52. The van der Waals surface area contributed by atoms with Gasteiger partial charge in [-0.25, -0.2) is 0 Å². The first-order chi connectivity index (χ1) is 8.43. The van der Waals surface area contributed by atoms with Crippen LogP contribution in [0.5, 0.6) is 0 Å². The van der Waals surface area contributed by atoms with Crippen molar-refractivity contribution in [3.8, 4) is 0 Å². The van der Waals surface area contributed by atoms with Gasteiger partial charge in [0.25, 0.3) is 0 Å². The molecule has 0 spiro atoms. The molecule has 1 rings (SSSR count). The summed E-state index contributed by atoms with van der Waals surface area (Å²) < 4.78 is 5.18. The summed E-state index contributed by atoms with van der Waals surface area (Å²) in [6.45, 7) is 7.52. The van der Waals surface area contributed by atoms with Gasteiger partial charge < -0.3 is 20.7 Å². The Bertz CT molecular complexity index is 307. The van der Waals surface area contributed by atoms with Gasteiger partial charge in [-0.2, -0.15) is 0 Å². The van der Waals surface area contributed by atoms with Crippen molar-refractivity contribution in [2.75, 3.05) is 26.3 Å². The highest BCUT2D eigenvalue weighted by Gasteiger charge is 2.26. The van der Waals surface area contributed by atoms with E-state index < -0.39 is 6.04 Å². The summed E-state index contributed by atoms with van der Waals surface area (Å²) in [7, 11) is 0. The number of hydrogen-bond donors (Lipinski definition) is 2. The standard InChI is InChI=1S/C12H23N3O3.ClH/c1-8(9(2)13)11(16)14-10(3)12(17)15-4-6-18-7-5-15;/h8-10H,4-7,13H2,1-3H3,(H,14,16);1H. The van der Waals surface area contributed by atoms with E-state index in [4.69, 9.17) is 10.5 Å². The number of halogens is 1. The molecule has 6 nitrogen and oxygen atoms in total. The first-order valence-electron chi connectivity index (χ1n) is 6.36. The number of amides is 2. The number of nitrogens with two attached hydrogens (primary N) is 1. The average molecular weight is 294 g/mol. The van der Waals surface area contributed by atoms with E-state index in [1.807, 2.05) is 0 Å². The SMILES string of the molecule is CC(NC(=O)C(C)C(C)N)C(=O)N1CCOCC1.Cl. The Kier molecular flexibility index (Phi) is 7.97. The van der Waals surface area contributed by atoms with Crippen LogP contribution in [0.25, 0.3) is 0 Å². The van der Waals surface area contributed by atoms with E-state index in [1.54, 1.807) is 25.7 Å². The molecule has 1 aliphatic heterocycles. The molecule has 2 amide bonds. The van der Waals surface area contributed by atoms with Gasteiger partial charge in [-0.15, -0.1) is 12.4 Å². The first kappa shape index (κ1) is 18.1. The second-order valence-corrected chi connectivity index (χ2v) is 4.82. The number of ether oxygens (including phenoxy) is 1. The fourth-order valence-corrected chi connectivity index (χ4v) is 1.70. The Morgan fingerprint density at radius 2 is 1.74 bits per heavy atom. The fourth-order valence-electron chi connectivity index (χ4n) is 1.70. The van der Waals surface area contributed by atoms with Crippen molar-refractivity contribution in [3.63, 3.8) is 0 Å². The quantitative estimate of drug-likeness (QED) is 0.749. The van der Waals surface area contributed by atoms with Gasteiger partial charge in [-0.05, 0) is 13.8 Å². The van der Waals surface area contributed by atoms with Gasteiger partial charge in [0, 0.05) is 25.0 Å². The summed E-state index contributed by atoms with van der Waals surface area (Å²) in [6, 6.07) is -0.743. The third kappa shape index (κ3) is 5.34. The Hall–Kier alpha value is -0.850. The van der Waals surface area contributed by atoms with Gasteiger partial charge in [0.2, 0.25) is 11.8 Å². The highest BCUT2D eigenvalue weighted by Crippen LogP contribution is 2.03. The van der Waals surface area contributed by atoms with Crippen LogP contribution in [-0.2, 0) is 14.3 Å². The fraction of sp³-hybridized carbons (Fsp3) is 0.833. The first-order valence-corrected chi connectivity index (χ1v) is 6.36. The molecule has 0 aromatic carbocycles. The van der Waals surface area contributed by atoms with Crippen molar-refractivity contribution in [1.82, 2.24) is 10.2 Å². The number of hydrogen-bond acceptors (Lipinski definition) is 4. The van der Waals surface area contributed by atoms with E-state index in [1.165, 1.54) is 0 Å². The molecule has 3 N–H and O–H groups in total. The summed E-state index contributed by atoms with van der Waals surface area (Å²) in [4.78, 5) is 25.6. The predicted molar refractivity (Wildman–Crippen MR) is 75.1 cm³/mol. The lowest BCUT2D eigenvalue weighted by atomic mass is 10.0. The number of rotatable bonds is 4. The van der Waals surface area contributed by atoms with Crippen molar-refractivity contribution in [1.29, 1.82) is 0 Å². The minimum absolute atomic E-state index is 0. The van der Waals surface area contributed by atoms with Crippen molar-refractivity contribution < 1.29 is 14.3 Å². The molecule has 19 heavy (non-hydrogen) atoms. The second-order valence-electron chi connectivity index (χ2n) is 4.82. The zero-order valence-corrected chi connectivity index (χ0v) is 12.5. The lowest BCUT2D eigenvalue weighted by molar-refractivity contribution is -0.140.